The molecule has 248 valence electrons. The molecule has 4 rings (SSSR count). The largest absolute Gasteiger partial charge is 0.573 e. The van der Waals surface area contributed by atoms with Crippen LogP contribution in [-0.2, 0) is 27.3 Å². The third-order valence-corrected chi connectivity index (χ3v) is 9.44. The van der Waals surface area contributed by atoms with Crippen LogP contribution in [0.5, 0.6) is 5.75 Å². The first-order chi connectivity index (χ1) is 21.5. The molecule has 0 aliphatic carbocycles. The minimum absolute atomic E-state index is 0.170. The van der Waals surface area contributed by atoms with Crippen LogP contribution in [-0.4, -0.2) is 82.9 Å². The van der Waals surface area contributed by atoms with Gasteiger partial charge in [-0.2, -0.15) is 4.31 Å². The first kappa shape index (κ1) is 34.4. The zero-order chi connectivity index (χ0) is 33.9. The second kappa shape index (κ2) is 13.5. The highest BCUT2D eigenvalue weighted by Crippen LogP contribution is 2.31. The summed E-state index contributed by atoms with van der Waals surface area (Å²) in [5, 5.41) is 20.3. The van der Waals surface area contributed by atoms with E-state index in [1.807, 2.05) is 0 Å². The topological polar surface area (TPSA) is 171 Å². The van der Waals surface area contributed by atoms with Gasteiger partial charge < -0.3 is 20.1 Å². The van der Waals surface area contributed by atoms with E-state index in [9.17, 15) is 44.8 Å². The summed E-state index contributed by atoms with van der Waals surface area (Å²) in [5.41, 5.74) is 0.184. The van der Waals surface area contributed by atoms with Crippen LogP contribution < -0.4 is 15.4 Å². The fourth-order valence-corrected chi connectivity index (χ4v) is 6.45. The van der Waals surface area contributed by atoms with E-state index in [1.165, 1.54) is 31.2 Å². The molecule has 1 aliphatic rings. The van der Waals surface area contributed by atoms with Crippen molar-refractivity contribution in [2.24, 2.45) is 0 Å². The van der Waals surface area contributed by atoms with Gasteiger partial charge in [-0.05, 0) is 29.8 Å². The Labute approximate surface area is 262 Å². The number of rotatable bonds is 10. The van der Waals surface area contributed by atoms with E-state index in [0.29, 0.717) is 16.9 Å². The Morgan fingerprint density at radius 1 is 1.02 bits per heavy atom. The lowest BCUT2D eigenvalue weighted by Crippen LogP contribution is -2.61. The number of carbonyl (C=O) groups is 3. The van der Waals surface area contributed by atoms with Crippen LogP contribution in [0, 0.1) is 0 Å². The third kappa shape index (κ3) is 8.23. The second-order valence-electron chi connectivity index (χ2n) is 9.72. The van der Waals surface area contributed by atoms with Gasteiger partial charge >= 0.3 is 18.4 Å². The van der Waals surface area contributed by atoms with Crippen molar-refractivity contribution in [3.63, 3.8) is 0 Å². The van der Waals surface area contributed by atoms with Gasteiger partial charge in [0.2, 0.25) is 26.1 Å². The van der Waals surface area contributed by atoms with E-state index in [0.717, 1.165) is 33.5 Å². The predicted octanol–water partition coefficient (Wildman–Crippen LogP) is 3.86. The van der Waals surface area contributed by atoms with Gasteiger partial charge in [0.1, 0.15) is 11.8 Å². The van der Waals surface area contributed by atoms with E-state index in [1.54, 1.807) is 0 Å². The van der Waals surface area contributed by atoms with Crippen molar-refractivity contribution in [2.45, 2.75) is 43.1 Å². The summed E-state index contributed by atoms with van der Waals surface area (Å²) in [4.78, 5) is 38.1. The molecule has 0 bridgehead atoms. The van der Waals surface area contributed by atoms with E-state index < -0.39 is 81.4 Å². The number of hydrogen-bond acceptors (Lipinski definition) is 9. The lowest BCUT2D eigenvalue weighted by Gasteiger charge is -2.39. The molecule has 1 aromatic heterocycles. The van der Waals surface area contributed by atoms with Crippen molar-refractivity contribution >= 4 is 44.4 Å². The lowest BCUT2D eigenvalue weighted by atomic mass is 10.0. The molecule has 0 spiro atoms. The number of amides is 3. The molecule has 1 fully saturated rings. The molecule has 13 nitrogen and oxygen atoms in total. The summed E-state index contributed by atoms with van der Waals surface area (Å²) in [5.74, 6) is -5.97. The SMILES string of the molecule is CCC(F)(F)c1ccc(CNC(=O)[C@H]2CN(C(=O)Nc3nnc(C(=O)O)s3)CCN2S(=O)(=O)c2ccc(OC(F)(F)F)cc2)cc1. The van der Waals surface area contributed by atoms with Crippen molar-refractivity contribution < 1.29 is 54.6 Å². The van der Waals surface area contributed by atoms with Gasteiger partial charge in [0.15, 0.2) is 0 Å². The first-order valence-electron chi connectivity index (χ1n) is 13.3. The molecular formula is C26H25F5N6O7S2. The molecule has 2 heterocycles. The van der Waals surface area contributed by atoms with Crippen LogP contribution in [0.2, 0.25) is 0 Å². The number of halogens is 5. The highest BCUT2D eigenvalue weighted by molar-refractivity contribution is 7.89. The smallest absolute Gasteiger partial charge is 0.476 e. The minimum atomic E-state index is -5.01. The van der Waals surface area contributed by atoms with Crippen LogP contribution in [0.4, 0.5) is 31.9 Å². The molecule has 3 amide bonds. The Morgan fingerprint density at radius 2 is 1.67 bits per heavy atom. The fraction of sp³-hybridized carbons (Fsp3) is 0.346. The monoisotopic (exact) mass is 692 g/mol. The number of nitrogens with one attached hydrogen (secondary N) is 2. The molecule has 20 heteroatoms. The summed E-state index contributed by atoms with van der Waals surface area (Å²) < 4.78 is 97.4. The maximum absolute atomic E-state index is 14.0. The number of benzene rings is 2. The minimum Gasteiger partial charge on any atom is -0.476 e. The number of ether oxygens (including phenoxy) is 1. The normalized spacial score (nSPS) is 16.1. The Morgan fingerprint density at radius 3 is 2.24 bits per heavy atom. The highest BCUT2D eigenvalue weighted by Gasteiger charge is 2.42. The zero-order valence-corrected chi connectivity index (χ0v) is 25.3. The number of urea groups is 1. The van der Waals surface area contributed by atoms with Crippen LogP contribution in [0.1, 0.15) is 34.3 Å². The molecule has 46 heavy (non-hydrogen) atoms. The van der Waals surface area contributed by atoms with Crippen molar-refractivity contribution in [1.82, 2.24) is 24.7 Å². The lowest BCUT2D eigenvalue weighted by molar-refractivity contribution is -0.274. The van der Waals surface area contributed by atoms with Gasteiger partial charge in [-0.25, -0.2) is 26.8 Å². The fourth-order valence-electron chi connectivity index (χ4n) is 4.31. The summed E-state index contributed by atoms with van der Waals surface area (Å²) in [6, 6.07) is 6.05. The van der Waals surface area contributed by atoms with Gasteiger partial charge in [-0.1, -0.05) is 42.5 Å². The van der Waals surface area contributed by atoms with E-state index in [-0.39, 0.29) is 23.8 Å². The summed E-state index contributed by atoms with van der Waals surface area (Å²) in [7, 11) is -4.53. The van der Waals surface area contributed by atoms with Gasteiger partial charge in [0.25, 0.3) is 5.92 Å². The van der Waals surface area contributed by atoms with Gasteiger partial charge in [0.05, 0.1) is 4.90 Å². The van der Waals surface area contributed by atoms with Gasteiger partial charge in [0, 0.05) is 38.2 Å². The van der Waals surface area contributed by atoms with Crippen LogP contribution in [0.15, 0.2) is 53.4 Å². The Balaban J connectivity index is 1.55. The number of aromatic carboxylic acids is 1. The number of aromatic nitrogens is 2. The van der Waals surface area contributed by atoms with Crippen molar-refractivity contribution in [2.75, 3.05) is 25.0 Å². The van der Waals surface area contributed by atoms with Crippen LogP contribution in [0.3, 0.4) is 0 Å². The third-order valence-electron chi connectivity index (χ3n) is 6.69. The molecule has 0 saturated carbocycles. The first-order valence-corrected chi connectivity index (χ1v) is 15.5. The highest BCUT2D eigenvalue weighted by atomic mass is 32.2. The summed E-state index contributed by atoms with van der Waals surface area (Å²) >= 11 is 0.563. The predicted molar refractivity (Wildman–Crippen MR) is 151 cm³/mol. The standard InChI is InChI=1S/C26H25F5N6O7S2/c1-2-25(27,28)16-5-3-15(4-6-16)13-32-20(38)19-14-36(24(41)33-23-35-34-21(45-23)22(39)40)11-12-37(19)46(42,43)18-9-7-17(8-10-18)44-26(29,30)31/h3-10,19H,2,11-14H2,1H3,(H,32,38)(H,39,40)(H,33,35,41)/t19-/m1/s1. The molecule has 1 aliphatic heterocycles. The number of sulfonamides is 1. The summed E-state index contributed by atoms with van der Waals surface area (Å²) in [6.45, 7) is -0.0424. The Hall–Kier alpha value is -4.43. The number of anilines is 1. The number of nitrogens with zero attached hydrogens (tertiary/aromatic N) is 4. The average Bonchev–Trinajstić information content (AvgIpc) is 3.48. The number of hydrogen-bond donors (Lipinski definition) is 3. The van der Waals surface area contributed by atoms with Gasteiger partial charge in [-0.3, -0.25) is 10.1 Å². The maximum Gasteiger partial charge on any atom is 0.573 e. The second-order valence-corrected chi connectivity index (χ2v) is 12.6. The maximum atomic E-state index is 14.0. The van der Waals surface area contributed by atoms with Crippen LogP contribution in [0.25, 0.3) is 0 Å². The molecule has 0 radical (unpaired) electrons. The molecule has 1 saturated heterocycles. The molecular weight excluding hydrogens is 667 g/mol. The van der Waals surface area contributed by atoms with E-state index >= 15 is 0 Å². The van der Waals surface area contributed by atoms with E-state index in [2.05, 4.69) is 25.6 Å². The number of carboxylic acids is 1. The molecule has 2 aromatic carbocycles. The van der Waals surface area contributed by atoms with Crippen molar-refractivity contribution in [1.29, 1.82) is 0 Å². The number of carboxylic acid groups (broad SMARTS) is 1. The molecule has 1 atom stereocenters. The Kier molecular flexibility index (Phi) is 10.1. The molecule has 3 N–H and O–H groups in total. The van der Waals surface area contributed by atoms with E-state index in [4.69, 9.17) is 5.11 Å². The molecule has 3 aromatic rings. The van der Waals surface area contributed by atoms with Gasteiger partial charge in [-0.15, -0.1) is 23.4 Å². The Bertz CT molecular complexity index is 1690. The number of carbonyl (C=O) groups excluding carboxylic acids is 2. The van der Waals surface area contributed by atoms with Crippen molar-refractivity contribution in [3.8, 4) is 5.75 Å². The molecule has 0 unspecified atom stereocenters. The quantitative estimate of drug-likeness (QED) is 0.267. The van der Waals surface area contributed by atoms with Crippen molar-refractivity contribution in [3.05, 3.63) is 64.7 Å². The number of alkyl halides is 5. The average molecular weight is 693 g/mol. The zero-order valence-electron chi connectivity index (χ0n) is 23.6. The summed E-state index contributed by atoms with van der Waals surface area (Å²) in [6.07, 6.45) is -5.43. The number of piperazine rings is 1. The van der Waals surface area contributed by atoms with Crippen LogP contribution >= 0.6 is 11.3 Å².